The van der Waals surface area contributed by atoms with Gasteiger partial charge in [-0.15, -0.1) is 0 Å². The van der Waals surface area contributed by atoms with Gasteiger partial charge in [0, 0.05) is 18.1 Å². The maximum Gasteiger partial charge on any atom is 0.264 e. The second-order valence-corrected chi connectivity index (χ2v) is 11.4. The lowest BCUT2D eigenvalue weighted by Crippen LogP contribution is -2.39. The van der Waals surface area contributed by atoms with Crippen molar-refractivity contribution in [1.82, 2.24) is 4.90 Å². The van der Waals surface area contributed by atoms with Crippen LogP contribution in [0.5, 0.6) is 0 Å². The van der Waals surface area contributed by atoms with E-state index in [9.17, 15) is 18.0 Å². The minimum absolute atomic E-state index is 0.0638. The number of halogens is 1. The highest BCUT2D eigenvalue weighted by Crippen LogP contribution is 2.29. The molecule has 3 aromatic rings. The van der Waals surface area contributed by atoms with Gasteiger partial charge in [0.05, 0.1) is 21.8 Å². The largest absolute Gasteiger partial charge is 0.339 e. The fourth-order valence-corrected chi connectivity index (χ4v) is 6.19. The average Bonchev–Trinajstić information content (AvgIpc) is 3.18. The average molecular weight is 540 g/mol. The molecule has 7 nitrogen and oxygen atoms in total. The molecule has 2 amide bonds. The Hall–Kier alpha value is -3.36. The van der Waals surface area contributed by atoms with E-state index in [1.807, 2.05) is 4.90 Å². The number of benzene rings is 3. The van der Waals surface area contributed by atoms with Gasteiger partial charge < -0.3 is 10.2 Å². The number of anilines is 2. The zero-order chi connectivity index (χ0) is 26.4. The zero-order valence-corrected chi connectivity index (χ0v) is 22.3. The van der Waals surface area contributed by atoms with Gasteiger partial charge in [-0.05, 0) is 67.8 Å². The smallest absolute Gasteiger partial charge is 0.264 e. The summed E-state index contributed by atoms with van der Waals surface area (Å²) in [7, 11) is -4.07. The van der Waals surface area contributed by atoms with Crippen molar-refractivity contribution in [3.63, 3.8) is 0 Å². The summed E-state index contributed by atoms with van der Waals surface area (Å²) < 4.78 is 28.3. The molecule has 0 radical (unpaired) electrons. The zero-order valence-electron chi connectivity index (χ0n) is 20.7. The first kappa shape index (κ1) is 26.7. The summed E-state index contributed by atoms with van der Waals surface area (Å²) in [6.45, 7) is 2.62. The van der Waals surface area contributed by atoms with Crippen LogP contribution < -0.4 is 9.62 Å². The minimum Gasteiger partial charge on any atom is -0.339 e. The van der Waals surface area contributed by atoms with Crippen molar-refractivity contribution >= 4 is 44.8 Å². The van der Waals surface area contributed by atoms with E-state index in [0.717, 1.165) is 30.0 Å². The van der Waals surface area contributed by atoms with Gasteiger partial charge in [0.25, 0.3) is 15.9 Å². The van der Waals surface area contributed by atoms with Gasteiger partial charge in [-0.1, -0.05) is 54.8 Å². The molecule has 1 heterocycles. The SMILES string of the molecule is Cc1cc(Cl)ccc1N(CC(=O)Nc1ccccc1C(=O)N1CCCCCC1)S(=O)(=O)c1ccccc1. The van der Waals surface area contributed by atoms with Crippen molar-refractivity contribution in [2.75, 3.05) is 29.3 Å². The highest BCUT2D eigenvalue weighted by molar-refractivity contribution is 7.92. The summed E-state index contributed by atoms with van der Waals surface area (Å²) in [5.41, 5.74) is 1.69. The van der Waals surface area contributed by atoms with Crippen LogP contribution in [0.2, 0.25) is 5.02 Å². The first-order chi connectivity index (χ1) is 17.8. The molecule has 0 atom stereocenters. The predicted octanol–water partition coefficient (Wildman–Crippen LogP) is 5.50. The number of likely N-dealkylation sites (tertiary alicyclic amines) is 1. The normalized spacial score (nSPS) is 14.1. The molecule has 4 rings (SSSR count). The number of carbonyl (C=O) groups is 2. The number of amides is 2. The molecular weight excluding hydrogens is 510 g/mol. The Bertz CT molecular complexity index is 1370. The van der Waals surface area contributed by atoms with E-state index >= 15 is 0 Å². The van der Waals surface area contributed by atoms with Crippen molar-refractivity contribution in [3.05, 3.63) is 88.9 Å². The summed E-state index contributed by atoms with van der Waals surface area (Å²) in [6, 6.07) is 19.6. The molecule has 37 heavy (non-hydrogen) atoms. The molecule has 0 spiro atoms. The molecule has 9 heteroatoms. The number of carbonyl (C=O) groups excluding carboxylic acids is 2. The van der Waals surface area contributed by atoms with Gasteiger partial charge in [-0.25, -0.2) is 8.42 Å². The Morgan fingerprint density at radius 2 is 1.57 bits per heavy atom. The van der Waals surface area contributed by atoms with E-state index in [1.165, 1.54) is 12.1 Å². The quantitative estimate of drug-likeness (QED) is 0.429. The lowest BCUT2D eigenvalue weighted by molar-refractivity contribution is -0.114. The number of nitrogens with zero attached hydrogens (tertiary/aromatic N) is 2. The number of nitrogens with one attached hydrogen (secondary N) is 1. The topological polar surface area (TPSA) is 86.8 Å². The molecular formula is C28H30ClN3O4S. The molecule has 1 N–H and O–H groups in total. The Balaban J connectivity index is 1.62. The maximum atomic E-state index is 13.6. The first-order valence-electron chi connectivity index (χ1n) is 12.3. The van der Waals surface area contributed by atoms with Crippen molar-refractivity contribution in [3.8, 4) is 0 Å². The lowest BCUT2D eigenvalue weighted by Gasteiger charge is -2.26. The van der Waals surface area contributed by atoms with Crippen LogP contribution in [0.15, 0.2) is 77.7 Å². The molecule has 1 fully saturated rings. The van der Waals surface area contributed by atoms with Gasteiger partial charge in [0.2, 0.25) is 5.91 Å². The van der Waals surface area contributed by atoms with Gasteiger partial charge in [0.15, 0.2) is 0 Å². The number of aryl methyl sites for hydroxylation is 1. The van der Waals surface area contributed by atoms with E-state index in [4.69, 9.17) is 11.6 Å². The summed E-state index contributed by atoms with van der Waals surface area (Å²) in [6.07, 6.45) is 4.09. The summed E-state index contributed by atoms with van der Waals surface area (Å²) in [5, 5.41) is 3.24. The minimum atomic E-state index is -4.07. The van der Waals surface area contributed by atoms with Crippen LogP contribution >= 0.6 is 11.6 Å². The van der Waals surface area contributed by atoms with Crippen LogP contribution in [-0.2, 0) is 14.8 Å². The lowest BCUT2D eigenvalue weighted by atomic mass is 10.1. The molecule has 0 unspecified atom stereocenters. The summed E-state index contributed by atoms with van der Waals surface area (Å²) in [5.74, 6) is -0.704. The van der Waals surface area contributed by atoms with E-state index in [0.29, 0.717) is 40.6 Å². The van der Waals surface area contributed by atoms with Gasteiger partial charge in [0.1, 0.15) is 6.54 Å². The molecule has 0 saturated carbocycles. The molecule has 1 aliphatic heterocycles. The first-order valence-corrected chi connectivity index (χ1v) is 14.1. The second kappa shape index (κ2) is 11.8. The van der Waals surface area contributed by atoms with E-state index in [-0.39, 0.29) is 10.8 Å². The standard InChI is InChI=1S/C28H30ClN3O4S/c1-21-19-22(29)15-16-26(21)32(37(35,36)23-11-5-4-6-12-23)20-27(33)30-25-14-8-7-13-24(25)28(34)31-17-9-2-3-10-18-31/h4-8,11-16,19H,2-3,9-10,17-18,20H2,1H3,(H,30,33). The maximum absolute atomic E-state index is 13.6. The third-order valence-corrected chi connectivity index (χ3v) is 8.38. The predicted molar refractivity (Wildman–Crippen MR) is 147 cm³/mol. The van der Waals surface area contributed by atoms with Crippen molar-refractivity contribution in [1.29, 1.82) is 0 Å². The van der Waals surface area contributed by atoms with E-state index in [2.05, 4.69) is 5.32 Å². The van der Waals surface area contributed by atoms with Gasteiger partial charge in [-0.2, -0.15) is 0 Å². The highest BCUT2D eigenvalue weighted by Gasteiger charge is 2.29. The van der Waals surface area contributed by atoms with E-state index < -0.39 is 22.5 Å². The Labute approximate surface area is 223 Å². The molecule has 3 aromatic carbocycles. The fraction of sp³-hybridized carbons (Fsp3) is 0.286. The van der Waals surface area contributed by atoms with Crippen molar-refractivity contribution < 1.29 is 18.0 Å². The molecule has 1 aliphatic rings. The van der Waals surface area contributed by atoms with Crippen molar-refractivity contribution in [2.45, 2.75) is 37.5 Å². The molecule has 194 valence electrons. The summed E-state index contributed by atoms with van der Waals surface area (Å²) >= 11 is 6.10. The number of rotatable bonds is 7. The van der Waals surface area contributed by atoms with Gasteiger partial charge in [-0.3, -0.25) is 13.9 Å². The van der Waals surface area contributed by atoms with Crippen LogP contribution in [0.3, 0.4) is 0 Å². The van der Waals surface area contributed by atoms with Crippen LogP contribution in [-0.4, -0.2) is 44.8 Å². The number of hydrogen-bond acceptors (Lipinski definition) is 4. The third-order valence-electron chi connectivity index (χ3n) is 6.37. The monoisotopic (exact) mass is 539 g/mol. The number of para-hydroxylation sites is 1. The molecule has 0 aliphatic carbocycles. The van der Waals surface area contributed by atoms with Crippen molar-refractivity contribution in [2.24, 2.45) is 0 Å². The highest BCUT2D eigenvalue weighted by atomic mass is 35.5. The number of hydrogen-bond donors (Lipinski definition) is 1. The number of sulfonamides is 1. The molecule has 0 bridgehead atoms. The Morgan fingerprint density at radius 1 is 0.919 bits per heavy atom. The Kier molecular flexibility index (Phi) is 8.51. The van der Waals surface area contributed by atoms with Gasteiger partial charge >= 0.3 is 0 Å². The molecule has 1 saturated heterocycles. The summed E-state index contributed by atoms with van der Waals surface area (Å²) in [4.78, 5) is 28.4. The van der Waals surface area contributed by atoms with Crippen LogP contribution in [0.4, 0.5) is 11.4 Å². The van der Waals surface area contributed by atoms with Crippen LogP contribution in [0, 0.1) is 6.92 Å². The second-order valence-electron chi connectivity index (χ2n) is 9.06. The Morgan fingerprint density at radius 3 is 2.24 bits per heavy atom. The molecule has 0 aromatic heterocycles. The van der Waals surface area contributed by atoms with Crippen LogP contribution in [0.1, 0.15) is 41.6 Å². The third kappa shape index (κ3) is 6.32. The van der Waals surface area contributed by atoms with Crippen LogP contribution in [0.25, 0.3) is 0 Å². The van der Waals surface area contributed by atoms with E-state index in [1.54, 1.807) is 67.6 Å². The fourth-order valence-electron chi connectivity index (χ4n) is 4.46.